The van der Waals surface area contributed by atoms with Gasteiger partial charge in [0.1, 0.15) is 11.2 Å². The zero-order valence-corrected chi connectivity index (χ0v) is 15.8. The van der Waals surface area contributed by atoms with Gasteiger partial charge in [-0.1, -0.05) is 34.1 Å². The van der Waals surface area contributed by atoms with Crippen LogP contribution in [0.1, 0.15) is 72.6 Å². The average Bonchev–Trinajstić information content (AvgIpc) is 2.72. The van der Waals surface area contributed by atoms with E-state index in [4.69, 9.17) is 0 Å². The molecule has 0 bridgehead atoms. The molecule has 5 heteroatoms. The summed E-state index contributed by atoms with van der Waals surface area (Å²) in [5.74, 6) is -2.15. The number of carboxylic acids is 1. The number of carbonyl (C=O) groups is 2. The van der Waals surface area contributed by atoms with Crippen molar-refractivity contribution in [2.45, 2.75) is 83.8 Å². The van der Waals surface area contributed by atoms with E-state index >= 15 is 0 Å². The SMILES string of the molecule is CC(C)[C@@]1(O)CC[C@@]2(O)[C@@H](C[C@H]3C(C)(C)CCC[C@@]32C(=O)O)C(=O)C1. The van der Waals surface area contributed by atoms with Gasteiger partial charge in [0.25, 0.3) is 0 Å². The van der Waals surface area contributed by atoms with Crippen LogP contribution >= 0.6 is 0 Å². The Hall–Kier alpha value is -0.940. The van der Waals surface area contributed by atoms with Gasteiger partial charge in [-0.05, 0) is 49.4 Å². The molecule has 0 saturated heterocycles. The number of hydrogen-bond donors (Lipinski definition) is 3. The number of rotatable bonds is 2. The molecule has 3 rings (SSSR count). The summed E-state index contributed by atoms with van der Waals surface area (Å²) >= 11 is 0. The summed E-state index contributed by atoms with van der Waals surface area (Å²) in [5.41, 5.74) is -4.21. The number of aliphatic carboxylic acids is 1. The summed E-state index contributed by atoms with van der Waals surface area (Å²) in [6.07, 6.45) is 2.95. The second-order valence-corrected chi connectivity index (χ2v) is 9.79. The van der Waals surface area contributed by atoms with Crippen LogP contribution in [0.2, 0.25) is 0 Å². The summed E-state index contributed by atoms with van der Waals surface area (Å²) < 4.78 is 0. The molecular weight excluding hydrogens is 320 g/mol. The van der Waals surface area contributed by atoms with E-state index in [2.05, 4.69) is 13.8 Å². The lowest BCUT2D eigenvalue weighted by Gasteiger charge is -2.51. The summed E-state index contributed by atoms with van der Waals surface area (Å²) in [4.78, 5) is 25.5. The molecule has 0 aromatic heterocycles. The molecule has 3 aliphatic carbocycles. The van der Waals surface area contributed by atoms with Crippen molar-refractivity contribution in [3.05, 3.63) is 0 Å². The average molecular weight is 352 g/mol. The summed E-state index contributed by atoms with van der Waals surface area (Å²) in [5, 5.41) is 32.8. The molecule has 0 unspecified atom stereocenters. The lowest BCUT2D eigenvalue weighted by Crippen LogP contribution is -2.59. The Balaban J connectivity index is 2.11. The summed E-state index contributed by atoms with van der Waals surface area (Å²) in [6, 6.07) is 0. The number of aliphatic hydroxyl groups is 2. The lowest BCUT2D eigenvalue weighted by atomic mass is 9.53. The summed E-state index contributed by atoms with van der Waals surface area (Å²) in [6.45, 7) is 7.88. The Kier molecular flexibility index (Phi) is 4.16. The molecular formula is C20H32O5. The molecule has 5 nitrogen and oxygen atoms in total. The van der Waals surface area contributed by atoms with Gasteiger partial charge in [-0.25, -0.2) is 0 Å². The minimum absolute atomic E-state index is 0.0144. The van der Waals surface area contributed by atoms with E-state index in [9.17, 15) is 24.9 Å². The molecule has 0 radical (unpaired) electrons. The molecule has 0 aromatic carbocycles. The van der Waals surface area contributed by atoms with Crippen molar-refractivity contribution in [2.24, 2.45) is 28.6 Å². The Bertz CT molecular complexity index is 597. The van der Waals surface area contributed by atoms with Crippen LogP contribution in [-0.4, -0.2) is 38.3 Å². The van der Waals surface area contributed by atoms with Crippen LogP contribution in [0.25, 0.3) is 0 Å². The molecule has 25 heavy (non-hydrogen) atoms. The summed E-state index contributed by atoms with van der Waals surface area (Å²) in [7, 11) is 0. The second kappa shape index (κ2) is 5.53. The number of carbonyl (C=O) groups excluding carboxylic acids is 1. The molecule has 3 N–H and O–H groups in total. The fraction of sp³-hybridized carbons (Fsp3) is 0.900. The minimum Gasteiger partial charge on any atom is -0.481 e. The minimum atomic E-state index is -1.56. The molecule has 5 atom stereocenters. The van der Waals surface area contributed by atoms with Gasteiger partial charge in [0.05, 0.1) is 11.2 Å². The van der Waals surface area contributed by atoms with E-state index in [0.717, 1.165) is 12.8 Å². The van der Waals surface area contributed by atoms with Crippen molar-refractivity contribution in [2.75, 3.05) is 0 Å². The third-order valence-corrected chi connectivity index (χ3v) is 8.02. The third-order valence-electron chi connectivity index (χ3n) is 8.02. The van der Waals surface area contributed by atoms with Crippen LogP contribution in [-0.2, 0) is 9.59 Å². The number of carboxylic acid groups (broad SMARTS) is 1. The van der Waals surface area contributed by atoms with E-state index in [1.54, 1.807) is 0 Å². The highest BCUT2D eigenvalue weighted by atomic mass is 16.4. The normalized spacial score (nSPS) is 46.4. The van der Waals surface area contributed by atoms with Gasteiger partial charge in [0.15, 0.2) is 0 Å². The fourth-order valence-electron chi connectivity index (χ4n) is 6.27. The van der Waals surface area contributed by atoms with Gasteiger partial charge in [-0.3, -0.25) is 9.59 Å². The van der Waals surface area contributed by atoms with E-state index in [0.29, 0.717) is 12.8 Å². The van der Waals surface area contributed by atoms with Gasteiger partial charge in [0, 0.05) is 12.3 Å². The van der Waals surface area contributed by atoms with Crippen molar-refractivity contribution < 1.29 is 24.9 Å². The molecule has 0 aliphatic heterocycles. The molecule has 0 spiro atoms. The zero-order valence-electron chi connectivity index (χ0n) is 15.8. The number of ketones is 1. The van der Waals surface area contributed by atoms with Crippen LogP contribution in [0.15, 0.2) is 0 Å². The molecule has 3 fully saturated rings. The smallest absolute Gasteiger partial charge is 0.312 e. The van der Waals surface area contributed by atoms with Crippen LogP contribution in [0.5, 0.6) is 0 Å². The molecule has 0 amide bonds. The van der Waals surface area contributed by atoms with Gasteiger partial charge >= 0.3 is 5.97 Å². The lowest BCUT2D eigenvalue weighted by molar-refractivity contribution is -0.189. The fourth-order valence-corrected chi connectivity index (χ4v) is 6.27. The third kappa shape index (κ3) is 2.34. The largest absolute Gasteiger partial charge is 0.481 e. The first-order chi connectivity index (χ1) is 11.4. The maximum absolute atomic E-state index is 13.0. The Morgan fingerprint density at radius 1 is 1.12 bits per heavy atom. The Morgan fingerprint density at radius 2 is 1.76 bits per heavy atom. The van der Waals surface area contributed by atoms with Gasteiger partial charge in [-0.15, -0.1) is 0 Å². The van der Waals surface area contributed by atoms with Crippen LogP contribution in [0.4, 0.5) is 0 Å². The number of fused-ring (bicyclic) bond motifs is 3. The van der Waals surface area contributed by atoms with Gasteiger partial charge < -0.3 is 15.3 Å². The topological polar surface area (TPSA) is 94.8 Å². The van der Waals surface area contributed by atoms with Crippen molar-refractivity contribution >= 4 is 11.8 Å². The molecule has 142 valence electrons. The van der Waals surface area contributed by atoms with Crippen molar-refractivity contribution in [3.63, 3.8) is 0 Å². The van der Waals surface area contributed by atoms with Crippen LogP contribution in [0, 0.1) is 28.6 Å². The zero-order chi connectivity index (χ0) is 18.8. The van der Waals surface area contributed by atoms with Crippen LogP contribution in [0.3, 0.4) is 0 Å². The predicted octanol–water partition coefficient (Wildman–Crippen LogP) is 2.77. The first kappa shape index (κ1) is 18.8. The highest BCUT2D eigenvalue weighted by Gasteiger charge is 2.73. The van der Waals surface area contributed by atoms with E-state index in [-0.39, 0.29) is 42.3 Å². The van der Waals surface area contributed by atoms with Crippen molar-refractivity contribution in [1.29, 1.82) is 0 Å². The monoisotopic (exact) mass is 352 g/mol. The molecule has 0 heterocycles. The van der Waals surface area contributed by atoms with E-state index in [1.165, 1.54) is 0 Å². The second-order valence-electron chi connectivity index (χ2n) is 9.79. The number of Topliss-reactive ketones (excluding diaryl/α,β-unsaturated/α-hetero) is 1. The number of hydrogen-bond acceptors (Lipinski definition) is 4. The maximum Gasteiger partial charge on any atom is 0.312 e. The highest BCUT2D eigenvalue weighted by Crippen LogP contribution is 2.67. The quantitative estimate of drug-likeness (QED) is 0.710. The molecule has 0 aromatic rings. The highest BCUT2D eigenvalue weighted by molar-refractivity contribution is 5.88. The van der Waals surface area contributed by atoms with Crippen molar-refractivity contribution in [1.82, 2.24) is 0 Å². The van der Waals surface area contributed by atoms with Crippen LogP contribution < -0.4 is 0 Å². The molecule has 3 aliphatic rings. The van der Waals surface area contributed by atoms with E-state index in [1.807, 2.05) is 13.8 Å². The first-order valence-corrected chi connectivity index (χ1v) is 9.61. The standard InChI is InChI=1S/C20H32O5/c1-12(2)18(24)8-9-20(25)13(14(21)11-18)10-15-17(3,4)6-5-7-19(15,20)16(22)23/h12-13,15,24-25H,5-11H2,1-4H3,(H,22,23)/t13-,15-,18+,19-,20+/m0/s1. The Labute approximate surface area is 149 Å². The van der Waals surface area contributed by atoms with Gasteiger partial charge in [0.2, 0.25) is 0 Å². The maximum atomic E-state index is 13.0. The first-order valence-electron chi connectivity index (χ1n) is 9.61. The van der Waals surface area contributed by atoms with Gasteiger partial charge in [-0.2, -0.15) is 0 Å². The molecule has 3 saturated carbocycles. The Morgan fingerprint density at radius 3 is 2.32 bits per heavy atom. The van der Waals surface area contributed by atoms with Crippen molar-refractivity contribution in [3.8, 4) is 0 Å². The predicted molar refractivity (Wildman–Crippen MR) is 92.9 cm³/mol. The van der Waals surface area contributed by atoms with E-state index < -0.39 is 28.5 Å².